The second-order valence-corrected chi connectivity index (χ2v) is 5.63. The molecule has 0 aromatic heterocycles. The topological polar surface area (TPSA) is 46.2 Å². The minimum atomic E-state index is 0. The van der Waals surface area contributed by atoms with Crippen LogP contribution in [0.2, 0.25) is 0 Å². The summed E-state index contributed by atoms with van der Waals surface area (Å²) in [4.78, 5) is 0. The van der Waals surface area contributed by atoms with E-state index in [1.54, 1.807) is 0 Å². The molecule has 0 heterocycles. The molecule has 0 aliphatic rings. The van der Waals surface area contributed by atoms with E-state index in [2.05, 4.69) is 51.8 Å². The molecule has 3 N–H and O–H groups in total. The maximum Gasteiger partial charge on any atom is 0.142 e. The number of rotatable bonds is 4. The summed E-state index contributed by atoms with van der Waals surface area (Å²) in [7, 11) is 0. The molecule has 90 valence electrons. The van der Waals surface area contributed by atoms with Gasteiger partial charge in [0.25, 0.3) is 0 Å². The number of aromatic hydroxyl groups is 1. The molecule has 0 radical (unpaired) electrons. The third kappa shape index (κ3) is 4.38. The SMILES string of the molecule is C=CCC[C@H](N)c1cc(I)c(O)c(I)c1.Cl. The second kappa shape index (κ2) is 7.73. The van der Waals surface area contributed by atoms with Gasteiger partial charge in [-0.1, -0.05) is 6.08 Å². The van der Waals surface area contributed by atoms with Crippen LogP contribution in [0.3, 0.4) is 0 Å². The molecule has 0 saturated carbocycles. The summed E-state index contributed by atoms with van der Waals surface area (Å²) in [5.41, 5.74) is 7.11. The highest BCUT2D eigenvalue weighted by Gasteiger charge is 2.10. The first-order valence-corrected chi connectivity index (χ1v) is 6.76. The number of phenols is 1. The second-order valence-electron chi connectivity index (χ2n) is 3.31. The monoisotopic (exact) mass is 465 g/mol. The molecule has 16 heavy (non-hydrogen) atoms. The zero-order valence-electron chi connectivity index (χ0n) is 8.62. The number of allylic oxidation sites excluding steroid dienone is 1. The Morgan fingerprint density at radius 2 is 1.88 bits per heavy atom. The van der Waals surface area contributed by atoms with Gasteiger partial charge in [-0.15, -0.1) is 19.0 Å². The van der Waals surface area contributed by atoms with Crippen molar-refractivity contribution in [3.05, 3.63) is 37.5 Å². The summed E-state index contributed by atoms with van der Waals surface area (Å²) in [5, 5.41) is 9.62. The van der Waals surface area contributed by atoms with Crippen LogP contribution >= 0.6 is 57.6 Å². The highest BCUT2D eigenvalue weighted by Crippen LogP contribution is 2.30. The van der Waals surface area contributed by atoms with Gasteiger partial charge in [0.15, 0.2) is 0 Å². The number of benzene rings is 1. The van der Waals surface area contributed by atoms with Crippen LogP contribution in [0.4, 0.5) is 0 Å². The maximum atomic E-state index is 9.62. The highest BCUT2D eigenvalue weighted by atomic mass is 127. The van der Waals surface area contributed by atoms with Gasteiger partial charge >= 0.3 is 0 Å². The Hall–Kier alpha value is 0.470. The number of halogens is 3. The first kappa shape index (κ1) is 16.5. The first-order chi connectivity index (χ1) is 7.06. The van der Waals surface area contributed by atoms with Crippen LogP contribution in [0.1, 0.15) is 24.4 Å². The Bertz CT molecular complexity index is 348. The van der Waals surface area contributed by atoms with Crippen LogP contribution in [-0.2, 0) is 0 Å². The molecule has 1 rings (SSSR count). The molecule has 1 aromatic carbocycles. The van der Waals surface area contributed by atoms with Crippen molar-refractivity contribution in [2.75, 3.05) is 0 Å². The van der Waals surface area contributed by atoms with E-state index >= 15 is 0 Å². The zero-order valence-corrected chi connectivity index (χ0v) is 13.8. The maximum absolute atomic E-state index is 9.62. The first-order valence-electron chi connectivity index (χ1n) is 4.60. The van der Waals surface area contributed by atoms with Crippen molar-refractivity contribution in [2.24, 2.45) is 5.73 Å². The van der Waals surface area contributed by atoms with Crippen molar-refractivity contribution in [1.29, 1.82) is 0 Å². The lowest BCUT2D eigenvalue weighted by atomic mass is 10.0. The summed E-state index contributed by atoms with van der Waals surface area (Å²) < 4.78 is 1.70. The molecule has 0 unspecified atom stereocenters. The van der Waals surface area contributed by atoms with Gasteiger partial charge in [-0.25, -0.2) is 0 Å². The lowest BCUT2D eigenvalue weighted by molar-refractivity contribution is 0.467. The Morgan fingerprint density at radius 3 is 2.31 bits per heavy atom. The van der Waals surface area contributed by atoms with Crippen molar-refractivity contribution in [3.8, 4) is 5.75 Å². The lowest BCUT2D eigenvalue weighted by Crippen LogP contribution is -2.10. The Kier molecular flexibility index (Phi) is 7.96. The van der Waals surface area contributed by atoms with Gasteiger partial charge in [0.1, 0.15) is 5.75 Å². The third-order valence-corrected chi connectivity index (χ3v) is 3.79. The summed E-state index contributed by atoms with van der Waals surface area (Å²) in [5.74, 6) is 0.343. The average Bonchev–Trinajstić information content (AvgIpc) is 2.21. The molecule has 0 saturated heterocycles. The van der Waals surface area contributed by atoms with Gasteiger partial charge in [0.2, 0.25) is 0 Å². The molecule has 0 aliphatic heterocycles. The van der Waals surface area contributed by atoms with Crippen LogP contribution in [0.25, 0.3) is 0 Å². The van der Waals surface area contributed by atoms with Crippen molar-refractivity contribution in [1.82, 2.24) is 0 Å². The van der Waals surface area contributed by atoms with E-state index in [9.17, 15) is 5.11 Å². The van der Waals surface area contributed by atoms with E-state index < -0.39 is 0 Å². The fourth-order valence-electron chi connectivity index (χ4n) is 1.26. The van der Waals surface area contributed by atoms with Crippen LogP contribution in [0, 0.1) is 7.14 Å². The number of hydrogen-bond donors (Lipinski definition) is 2. The molecule has 0 fully saturated rings. The molecule has 0 amide bonds. The van der Waals surface area contributed by atoms with Crippen molar-refractivity contribution < 1.29 is 5.11 Å². The van der Waals surface area contributed by atoms with E-state index in [-0.39, 0.29) is 18.4 Å². The Balaban J connectivity index is 0.00000225. The van der Waals surface area contributed by atoms with Gasteiger partial charge in [-0.3, -0.25) is 0 Å². The van der Waals surface area contributed by atoms with Gasteiger partial charge in [0.05, 0.1) is 7.14 Å². The lowest BCUT2D eigenvalue weighted by Gasteiger charge is -2.12. The van der Waals surface area contributed by atoms with Crippen molar-refractivity contribution >= 4 is 57.6 Å². The number of hydrogen-bond acceptors (Lipinski definition) is 2. The largest absolute Gasteiger partial charge is 0.506 e. The van der Waals surface area contributed by atoms with Crippen molar-refractivity contribution in [3.63, 3.8) is 0 Å². The molecule has 1 atom stereocenters. The average molecular weight is 466 g/mol. The van der Waals surface area contributed by atoms with Gasteiger partial charge in [-0.05, 0) is 75.7 Å². The molecule has 5 heteroatoms. The molecule has 0 bridgehead atoms. The normalized spacial score (nSPS) is 11.7. The van der Waals surface area contributed by atoms with Crippen LogP contribution in [-0.4, -0.2) is 5.11 Å². The minimum Gasteiger partial charge on any atom is -0.506 e. The smallest absolute Gasteiger partial charge is 0.142 e. The summed E-state index contributed by atoms with van der Waals surface area (Å²) in [6, 6.07) is 3.89. The molecule has 0 spiro atoms. The zero-order chi connectivity index (χ0) is 11.4. The highest BCUT2D eigenvalue weighted by molar-refractivity contribution is 14.1. The summed E-state index contributed by atoms with van der Waals surface area (Å²) in [6.45, 7) is 3.68. The number of nitrogens with two attached hydrogens (primary N) is 1. The van der Waals surface area contributed by atoms with E-state index in [4.69, 9.17) is 5.73 Å². The standard InChI is InChI=1S/C11H13I2NO.ClH/c1-2-3-4-10(14)7-5-8(12)11(15)9(13)6-7;/h2,5-6,10,15H,1,3-4,14H2;1H/t10-;/m0./s1. The van der Waals surface area contributed by atoms with Crippen LogP contribution in [0.15, 0.2) is 24.8 Å². The Labute approximate surface area is 129 Å². The fraction of sp³-hybridized carbons (Fsp3) is 0.273. The van der Waals surface area contributed by atoms with E-state index in [1.165, 1.54) is 0 Å². The quantitative estimate of drug-likeness (QED) is 0.522. The number of phenolic OH excluding ortho intramolecular Hbond substituents is 1. The van der Waals surface area contributed by atoms with Crippen LogP contribution < -0.4 is 5.73 Å². The van der Waals surface area contributed by atoms with Gasteiger partial charge in [-0.2, -0.15) is 0 Å². The Morgan fingerprint density at radius 1 is 1.38 bits per heavy atom. The third-order valence-electron chi connectivity index (χ3n) is 2.15. The molecule has 0 aliphatic carbocycles. The molecular formula is C11H14ClI2NO. The summed E-state index contributed by atoms with van der Waals surface area (Å²) in [6.07, 6.45) is 3.67. The van der Waals surface area contributed by atoms with E-state index in [0.717, 1.165) is 25.5 Å². The van der Waals surface area contributed by atoms with Crippen molar-refractivity contribution in [2.45, 2.75) is 18.9 Å². The minimum absolute atomic E-state index is 0. The van der Waals surface area contributed by atoms with E-state index in [1.807, 2.05) is 18.2 Å². The van der Waals surface area contributed by atoms with Gasteiger partial charge < -0.3 is 10.8 Å². The molecule has 2 nitrogen and oxygen atoms in total. The summed E-state index contributed by atoms with van der Waals surface area (Å²) >= 11 is 4.23. The van der Waals surface area contributed by atoms with Gasteiger partial charge in [0, 0.05) is 6.04 Å². The fourth-order valence-corrected chi connectivity index (χ4v) is 3.08. The van der Waals surface area contributed by atoms with E-state index in [0.29, 0.717) is 5.75 Å². The molecule has 1 aromatic rings. The predicted octanol–water partition coefficient (Wildman–Crippen LogP) is 3.99. The van der Waals surface area contributed by atoms with Crippen LogP contribution in [0.5, 0.6) is 5.75 Å². The molecular weight excluding hydrogens is 451 g/mol. The predicted molar refractivity (Wildman–Crippen MR) is 87.1 cm³/mol.